The topological polar surface area (TPSA) is 37.4 Å². The third-order valence-electron chi connectivity index (χ3n) is 5.20. The molecule has 0 saturated heterocycles. The van der Waals surface area contributed by atoms with Gasteiger partial charge in [-0.15, -0.1) is 0 Å². The Morgan fingerprint density at radius 1 is 0.964 bits per heavy atom. The second kappa shape index (κ2) is 7.51. The van der Waals surface area contributed by atoms with Gasteiger partial charge < -0.3 is 0 Å². The number of nitrogens with zero attached hydrogens (tertiary/aromatic N) is 1. The molecule has 2 aliphatic rings. The van der Waals surface area contributed by atoms with Crippen molar-refractivity contribution in [2.24, 2.45) is 0 Å². The van der Waals surface area contributed by atoms with Crippen LogP contribution in [-0.2, 0) is 9.59 Å². The summed E-state index contributed by atoms with van der Waals surface area (Å²) in [5.41, 5.74) is 1.62. The van der Waals surface area contributed by atoms with Crippen LogP contribution in [0.4, 0.5) is 10.1 Å². The summed E-state index contributed by atoms with van der Waals surface area (Å²) in [6, 6.07) is 9.37. The minimum atomic E-state index is -0.710. The van der Waals surface area contributed by atoms with E-state index in [2.05, 4.69) is 0 Å². The number of allylic oxidation sites excluding steroid dienone is 2. The summed E-state index contributed by atoms with van der Waals surface area (Å²) in [5, 5.41) is 0.762. The van der Waals surface area contributed by atoms with E-state index in [9.17, 15) is 14.0 Å². The zero-order valence-electron chi connectivity index (χ0n) is 14.6. The number of Topliss-reactive ketones (excluding diaryl/α,β-unsaturated/α-hetero) is 1. The average molecular weight is 439 g/mol. The van der Waals surface area contributed by atoms with Gasteiger partial charge in [0.2, 0.25) is 5.91 Å². The predicted molar refractivity (Wildman–Crippen MR) is 109 cm³/mol. The molecule has 0 saturated carbocycles. The maximum absolute atomic E-state index is 14.6. The van der Waals surface area contributed by atoms with E-state index >= 15 is 0 Å². The van der Waals surface area contributed by atoms with E-state index in [1.165, 1.54) is 17.0 Å². The number of amides is 1. The summed E-state index contributed by atoms with van der Waals surface area (Å²) in [6.07, 6.45) is 1.40. The molecule has 144 valence electrons. The van der Waals surface area contributed by atoms with Crippen molar-refractivity contribution in [1.29, 1.82) is 0 Å². The van der Waals surface area contributed by atoms with Crippen LogP contribution in [0, 0.1) is 5.82 Å². The van der Waals surface area contributed by atoms with Gasteiger partial charge in [0, 0.05) is 40.6 Å². The molecule has 1 aliphatic heterocycles. The van der Waals surface area contributed by atoms with Crippen molar-refractivity contribution in [2.75, 3.05) is 4.90 Å². The van der Waals surface area contributed by atoms with Crippen molar-refractivity contribution in [3.05, 3.63) is 74.1 Å². The molecule has 1 amide bonds. The lowest BCUT2D eigenvalue weighted by Gasteiger charge is -2.39. The van der Waals surface area contributed by atoms with E-state index in [1.807, 2.05) is 0 Å². The smallest absolute Gasteiger partial charge is 0.232 e. The van der Waals surface area contributed by atoms with Crippen LogP contribution < -0.4 is 4.90 Å². The molecule has 1 unspecified atom stereocenters. The molecular formula is C21H15Cl3FNO2. The molecule has 0 bridgehead atoms. The van der Waals surface area contributed by atoms with Crippen molar-refractivity contribution < 1.29 is 14.0 Å². The Labute approximate surface area is 176 Å². The molecule has 3 nitrogen and oxygen atoms in total. The van der Waals surface area contributed by atoms with Crippen LogP contribution in [0.25, 0.3) is 0 Å². The van der Waals surface area contributed by atoms with Gasteiger partial charge in [-0.25, -0.2) is 4.39 Å². The van der Waals surface area contributed by atoms with Crippen molar-refractivity contribution >= 4 is 52.2 Å². The van der Waals surface area contributed by atoms with Gasteiger partial charge in [0.25, 0.3) is 0 Å². The zero-order valence-corrected chi connectivity index (χ0v) is 16.9. The second-order valence-corrected chi connectivity index (χ2v) is 8.02. The Balaban J connectivity index is 1.94. The van der Waals surface area contributed by atoms with E-state index in [-0.39, 0.29) is 33.7 Å². The van der Waals surface area contributed by atoms with E-state index in [1.54, 1.807) is 24.3 Å². The molecule has 1 heterocycles. The summed E-state index contributed by atoms with van der Waals surface area (Å²) in [4.78, 5) is 27.5. The van der Waals surface area contributed by atoms with Crippen LogP contribution in [0.15, 0.2) is 47.7 Å². The minimum absolute atomic E-state index is 0.0753. The molecule has 0 fully saturated rings. The maximum atomic E-state index is 14.6. The summed E-state index contributed by atoms with van der Waals surface area (Å²) >= 11 is 18.7. The van der Waals surface area contributed by atoms with E-state index in [0.717, 1.165) is 0 Å². The molecule has 0 aromatic heterocycles. The molecule has 4 rings (SSSR count). The number of halogens is 4. The highest BCUT2D eigenvalue weighted by molar-refractivity contribution is 6.44. The molecule has 1 aliphatic carbocycles. The first kappa shape index (κ1) is 19.4. The average Bonchev–Trinajstić information content (AvgIpc) is 2.64. The van der Waals surface area contributed by atoms with Crippen LogP contribution in [-0.4, -0.2) is 11.7 Å². The van der Waals surface area contributed by atoms with E-state index < -0.39 is 11.7 Å². The van der Waals surface area contributed by atoms with Gasteiger partial charge in [0.1, 0.15) is 5.82 Å². The molecule has 2 aromatic rings. The number of anilines is 1. The molecular weight excluding hydrogens is 424 g/mol. The van der Waals surface area contributed by atoms with Crippen LogP contribution in [0.5, 0.6) is 0 Å². The second-order valence-electron chi connectivity index (χ2n) is 6.83. The number of hydrogen-bond acceptors (Lipinski definition) is 2. The van der Waals surface area contributed by atoms with Crippen molar-refractivity contribution in [2.45, 2.75) is 31.6 Å². The molecule has 7 heteroatoms. The first-order chi connectivity index (χ1) is 13.4. The molecule has 1 atom stereocenters. The minimum Gasteiger partial charge on any atom is -0.294 e. The number of carbonyl (C=O) groups is 2. The fourth-order valence-electron chi connectivity index (χ4n) is 4.03. The van der Waals surface area contributed by atoms with Gasteiger partial charge in [-0.05, 0) is 37.1 Å². The quantitative estimate of drug-likeness (QED) is 0.551. The standard InChI is InChI=1S/C21H15Cl3FNO2/c22-12-4-1-6-14(25)19(12)11-10-18(28)26(15-7-3-9-17(27)20(11)15)16-8-2-5-13(23)21(16)24/h1-2,4-6,8,11H,3,7,9-10H2. The third-order valence-corrected chi connectivity index (χ3v) is 6.33. The summed E-state index contributed by atoms with van der Waals surface area (Å²) in [5.74, 6) is -1.61. The lowest BCUT2D eigenvalue weighted by atomic mass is 9.77. The number of ketones is 1. The normalized spacial score (nSPS) is 19.9. The Morgan fingerprint density at radius 3 is 2.43 bits per heavy atom. The van der Waals surface area contributed by atoms with Crippen LogP contribution in [0.3, 0.4) is 0 Å². The highest BCUT2D eigenvalue weighted by Crippen LogP contribution is 2.47. The van der Waals surface area contributed by atoms with Crippen molar-refractivity contribution in [3.8, 4) is 0 Å². The van der Waals surface area contributed by atoms with Gasteiger partial charge >= 0.3 is 0 Å². The largest absolute Gasteiger partial charge is 0.294 e. The van der Waals surface area contributed by atoms with Crippen LogP contribution >= 0.6 is 34.8 Å². The van der Waals surface area contributed by atoms with Gasteiger partial charge in [-0.3, -0.25) is 14.5 Å². The van der Waals surface area contributed by atoms with Crippen molar-refractivity contribution in [3.63, 3.8) is 0 Å². The van der Waals surface area contributed by atoms with E-state index in [4.69, 9.17) is 34.8 Å². The van der Waals surface area contributed by atoms with Gasteiger partial charge in [0.05, 0.1) is 15.7 Å². The highest BCUT2D eigenvalue weighted by atomic mass is 35.5. The fraction of sp³-hybridized carbons (Fsp3) is 0.238. The van der Waals surface area contributed by atoms with Gasteiger partial charge in [0.15, 0.2) is 5.78 Å². The van der Waals surface area contributed by atoms with Gasteiger partial charge in [-0.2, -0.15) is 0 Å². The Morgan fingerprint density at radius 2 is 1.68 bits per heavy atom. The summed E-state index contributed by atoms with van der Waals surface area (Å²) < 4.78 is 14.6. The monoisotopic (exact) mass is 437 g/mol. The fourth-order valence-corrected chi connectivity index (χ4v) is 4.70. The molecule has 0 radical (unpaired) electrons. The number of carbonyl (C=O) groups excluding carboxylic acids is 2. The Bertz CT molecular complexity index is 1010. The lowest BCUT2D eigenvalue weighted by molar-refractivity contribution is -0.119. The molecule has 0 N–H and O–H groups in total. The lowest BCUT2D eigenvalue weighted by Crippen LogP contribution is -2.41. The Hall–Kier alpha value is -1.88. The maximum Gasteiger partial charge on any atom is 0.232 e. The first-order valence-corrected chi connectivity index (χ1v) is 10.0. The number of rotatable bonds is 2. The van der Waals surface area contributed by atoms with Crippen molar-refractivity contribution in [1.82, 2.24) is 0 Å². The van der Waals surface area contributed by atoms with Crippen LogP contribution in [0.2, 0.25) is 15.1 Å². The SMILES string of the molecule is O=C1CCCC2=C1C(c1c(F)cccc1Cl)CC(=O)N2c1cccc(Cl)c1Cl. The van der Waals surface area contributed by atoms with Gasteiger partial charge in [-0.1, -0.05) is 46.9 Å². The zero-order chi connectivity index (χ0) is 20.0. The highest BCUT2D eigenvalue weighted by Gasteiger charge is 2.41. The molecule has 2 aromatic carbocycles. The number of hydrogen-bond donors (Lipinski definition) is 0. The third kappa shape index (κ3) is 3.14. The molecule has 0 spiro atoms. The molecule has 28 heavy (non-hydrogen) atoms. The summed E-state index contributed by atoms with van der Waals surface area (Å²) in [7, 11) is 0. The Kier molecular flexibility index (Phi) is 5.21. The number of benzene rings is 2. The van der Waals surface area contributed by atoms with E-state index in [0.29, 0.717) is 41.2 Å². The van der Waals surface area contributed by atoms with Crippen LogP contribution in [0.1, 0.15) is 37.2 Å². The summed E-state index contributed by atoms with van der Waals surface area (Å²) in [6.45, 7) is 0. The first-order valence-electron chi connectivity index (χ1n) is 8.87. The predicted octanol–water partition coefficient (Wildman–Crippen LogP) is 6.31.